The minimum atomic E-state index is -1.13. The zero-order valence-corrected chi connectivity index (χ0v) is 14.1. The molecule has 1 rings (SSSR count). The van der Waals surface area contributed by atoms with Crippen molar-refractivity contribution in [1.29, 1.82) is 0 Å². The number of hydrogen-bond donors (Lipinski definition) is 0. The molecule has 1 heterocycles. The first kappa shape index (κ1) is 17.9. The van der Waals surface area contributed by atoms with Crippen LogP contribution in [0.25, 0.3) is 0 Å². The zero-order valence-electron chi connectivity index (χ0n) is 14.1. The van der Waals surface area contributed by atoms with E-state index in [0.717, 1.165) is 0 Å². The summed E-state index contributed by atoms with van der Waals surface area (Å²) in [6, 6.07) is 0. The summed E-state index contributed by atoms with van der Waals surface area (Å²) in [6.45, 7) is 13.7. The first-order chi connectivity index (χ1) is 9.20. The Morgan fingerprint density at radius 3 is 1.33 bits per heavy atom. The van der Waals surface area contributed by atoms with E-state index in [2.05, 4.69) is 0 Å². The first-order valence-electron chi connectivity index (χ1n) is 7.02. The van der Waals surface area contributed by atoms with E-state index in [0.29, 0.717) is 0 Å². The second-order valence-electron chi connectivity index (χ2n) is 7.54. The summed E-state index contributed by atoms with van der Waals surface area (Å²) in [5.74, 6) is -2.32. The van der Waals surface area contributed by atoms with Crippen molar-refractivity contribution < 1.29 is 28.5 Å². The Balaban J connectivity index is 2.89. The van der Waals surface area contributed by atoms with Crippen molar-refractivity contribution in [2.45, 2.75) is 84.6 Å². The second kappa shape index (κ2) is 5.57. The normalized spacial score (nSPS) is 25.5. The number of rotatable bonds is 2. The molecule has 0 saturated carbocycles. The molecule has 0 unspecified atom stereocenters. The van der Waals surface area contributed by atoms with Gasteiger partial charge in [-0.2, -0.15) is 0 Å². The average molecular weight is 302 g/mol. The van der Waals surface area contributed by atoms with E-state index in [1.54, 1.807) is 55.4 Å². The smallest absolute Gasteiger partial charge is 0.339 e. The molecule has 1 saturated heterocycles. The second-order valence-corrected chi connectivity index (χ2v) is 7.54. The van der Waals surface area contributed by atoms with Crippen LogP contribution >= 0.6 is 0 Å². The van der Waals surface area contributed by atoms with Gasteiger partial charge in [-0.15, -0.1) is 0 Å². The van der Waals surface area contributed by atoms with Gasteiger partial charge in [0.15, 0.2) is 18.0 Å². The van der Waals surface area contributed by atoms with Crippen LogP contribution in [0.2, 0.25) is 0 Å². The molecule has 21 heavy (non-hydrogen) atoms. The Bertz CT molecular complexity index is 375. The van der Waals surface area contributed by atoms with Crippen LogP contribution in [0, 0.1) is 0 Å². The van der Waals surface area contributed by atoms with Crippen molar-refractivity contribution in [2.75, 3.05) is 0 Å². The van der Waals surface area contributed by atoms with E-state index in [4.69, 9.17) is 18.9 Å². The van der Waals surface area contributed by atoms with Gasteiger partial charge in [0.25, 0.3) is 0 Å². The highest BCUT2D eigenvalue weighted by Crippen LogP contribution is 2.31. The molecule has 122 valence electrons. The quantitative estimate of drug-likeness (QED) is 0.728. The van der Waals surface area contributed by atoms with Crippen molar-refractivity contribution in [3.63, 3.8) is 0 Å². The number of ether oxygens (including phenoxy) is 4. The Kier molecular flexibility index (Phi) is 4.75. The van der Waals surface area contributed by atoms with E-state index in [1.807, 2.05) is 0 Å². The minimum Gasteiger partial charge on any atom is -0.458 e. The van der Waals surface area contributed by atoms with Crippen LogP contribution in [-0.2, 0) is 28.5 Å². The summed E-state index contributed by atoms with van der Waals surface area (Å²) in [7, 11) is 0. The average Bonchev–Trinajstić information content (AvgIpc) is 2.49. The van der Waals surface area contributed by atoms with Gasteiger partial charge in [-0.05, 0) is 55.4 Å². The predicted octanol–water partition coefficient (Wildman–Crippen LogP) is 2.19. The van der Waals surface area contributed by atoms with Gasteiger partial charge < -0.3 is 18.9 Å². The Labute approximate surface area is 126 Å². The van der Waals surface area contributed by atoms with Crippen molar-refractivity contribution in [3.8, 4) is 0 Å². The lowest BCUT2D eigenvalue weighted by atomic mass is 10.1. The van der Waals surface area contributed by atoms with Crippen LogP contribution < -0.4 is 0 Å². The maximum Gasteiger partial charge on any atom is 0.339 e. The predicted molar refractivity (Wildman–Crippen MR) is 75.5 cm³/mol. The molecule has 2 atom stereocenters. The summed E-state index contributed by atoms with van der Waals surface area (Å²) in [6.07, 6.45) is -2.26. The van der Waals surface area contributed by atoms with E-state index in [9.17, 15) is 9.59 Å². The molecule has 1 aliphatic rings. The fourth-order valence-corrected chi connectivity index (χ4v) is 1.83. The zero-order chi connectivity index (χ0) is 16.6. The lowest BCUT2D eigenvalue weighted by Gasteiger charge is -2.25. The fourth-order valence-electron chi connectivity index (χ4n) is 1.83. The van der Waals surface area contributed by atoms with E-state index < -0.39 is 41.1 Å². The molecule has 0 bridgehead atoms. The molecular formula is C15H26O6. The summed E-state index contributed by atoms with van der Waals surface area (Å²) in [4.78, 5) is 24.4. The Morgan fingerprint density at radius 1 is 0.810 bits per heavy atom. The molecule has 0 aromatic carbocycles. The molecule has 0 N–H and O–H groups in total. The van der Waals surface area contributed by atoms with Crippen LogP contribution in [0.5, 0.6) is 0 Å². The fraction of sp³-hybridized carbons (Fsp3) is 0.867. The number of hydrogen-bond acceptors (Lipinski definition) is 6. The molecule has 0 aromatic heterocycles. The van der Waals surface area contributed by atoms with Crippen molar-refractivity contribution in [3.05, 3.63) is 0 Å². The number of carbonyl (C=O) groups is 2. The maximum atomic E-state index is 12.2. The molecule has 6 nitrogen and oxygen atoms in total. The summed E-state index contributed by atoms with van der Waals surface area (Å²) < 4.78 is 21.6. The molecular weight excluding hydrogens is 276 g/mol. The lowest BCUT2D eigenvalue weighted by Crippen LogP contribution is -2.43. The van der Waals surface area contributed by atoms with Gasteiger partial charge in [0.2, 0.25) is 0 Å². The van der Waals surface area contributed by atoms with E-state index >= 15 is 0 Å². The van der Waals surface area contributed by atoms with Gasteiger partial charge in [0.1, 0.15) is 11.2 Å². The SMILES string of the molecule is CC(C)(C)OC(=O)[C@@H]1OC(C)(C)O[C@H]1C(=O)OC(C)(C)C. The number of carbonyl (C=O) groups excluding carboxylic acids is 2. The summed E-state index contributed by atoms with van der Waals surface area (Å²) >= 11 is 0. The van der Waals surface area contributed by atoms with Crippen LogP contribution in [0.3, 0.4) is 0 Å². The van der Waals surface area contributed by atoms with Crippen LogP contribution in [0.15, 0.2) is 0 Å². The molecule has 0 aromatic rings. The van der Waals surface area contributed by atoms with Gasteiger partial charge in [-0.1, -0.05) is 0 Å². The largest absolute Gasteiger partial charge is 0.458 e. The monoisotopic (exact) mass is 302 g/mol. The molecule has 0 aliphatic carbocycles. The van der Waals surface area contributed by atoms with Gasteiger partial charge in [0, 0.05) is 0 Å². The van der Waals surface area contributed by atoms with Gasteiger partial charge in [-0.3, -0.25) is 0 Å². The Morgan fingerprint density at radius 2 is 1.10 bits per heavy atom. The highest BCUT2D eigenvalue weighted by atomic mass is 16.8. The molecule has 0 amide bonds. The lowest BCUT2D eigenvalue weighted by molar-refractivity contribution is -0.180. The summed E-state index contributed by atoms with van der Waals surface area (Å²) in [5, 5.41) is 0. The molecule has 1 fully saturated rings. The van der Waals surface area contributed by atoms with Crippen molar-refractivity contribution in [2.24, 2.45) is 0 Å². The van der Waals surface area contributed by atoms with E-state index in [1.165, 1.54) is 0 Å². The highest BCUT2D eigenvalue weighted by Gasteiger charge is 2.51. The topological polar surface area (TPSA) is 71.1 Å². The third-order valence-electron chi connectivity index (χ3n) is 2.37. The van der Waals surface area contributed by atoms with Gasteiger partial charge >= 0.3 is 11.9 Å². The number of esters is 2. The van der Waals surface area contributed by atoms with Crippen LogP contribution in [0.1, 0.15) is 55.4 Å². The van der Waals surface area contributed by atoms with Crippen molar-refractivity contribution in [1.82, 2.24) is 0 Å². The molecule has 0 radical (unpaired) electrons. The first-order valence-corrected chi connectivity index (χ1v) is 7.02. The van der Waals surface area contributed by atoms with E-state index in [-0.39, 0.29) is 0 Å². The molecule has 0 spiro atoms. The highest BCUT2D eigenvalue weighted by molar-refractivity contribution is 5.86. The molecule has 1 aliphatic heterocycles. The molecule has 6 heteroatoms. The van der Waals surface area contributed by atoms with Crippen molar-refractivity contribution >= 4 is 11.9 Å². The third kappa shape index (κ3) is 5.63. The van der Waals surface area contributed by atoms with Gasteiger partial charge in [-0.25, -0.2) is 9.59 Å². The summed E-state index contributed by atoms with van der Waals surface area (Å²) in [5.41, 5.74) is -1.35. The standard InChI is InChI=1S/C15H26O6/c1-13(2,3)20-11(16)9-10(19-15(7,8)18-9)12(17)21-14(4,5)6/h9-10H,1-8H3/t9-,10-/m1/s1. The van der Waals surface area contributed by atoms with Crippen LogP contribution in [0.4, 0.5) is 0 Å². The third-order valence-corrected chi connectivity index (χ3v) is 2.37. The minimum absolute atomic E-state index is 0.635. The maximum absolute atomic E-state index is 12.2. The Hall–Kier alpha value is -1.14. The van der Waals surface area contributed by atoms with Crippen LogP contribution in [-0.4, -0.2) is 41.1 Å². The van der Waals surface area contributed by atoms with Gasteiger partial charge in [0.05, 0.1) is 0 Å².